The van der Waals surface area contributed by atoms with Crippen LogP contribution in [-0.2, 0) is 17.8 Å². The maximum absolute atomic E-state index is 12.1. The minimum Gasteiger partial charge on any atom is -0.481 e. The fourth-order valence-corrected chi connectivity index (χ4v) is 3.02. The van der Waals surface area contributed by atoms with Gasteiger partial charge in [-0.3, -0.25) is 9.36 Å². The van der Waals surface area contributed by atoms with E-state index in [1.54, 1.807) is 27.0 Å². The molecule has 1 atom stereocenters. The molecule has 1 unspecified atom stereocenters. The highest BCUT2D eigenvalue weighted by Crippen LogP contribution is 2.21. The van der Waals surface area contributed by atoms with Gasteiger partial charge in [0.2, 0.25) is 0 Å². The molecule has 2 rings (SSSR count). The van der Waals surface area contributed by atoms with E-state index in [0.717, 1.165) is 5.01 Å². The van der Waals surface area contributed by atoms with Gasteiger partial charge in [-0.1, -0.05) is 0 Å². The van der Waals surface area contributed by atoms with Crippen LogP contribution in [0.5, 0.6) is 0 Å². The molecule has 0 amide bonds. The molecular formula is C14H17N3O3S. The Morgan fingerprint density at radius 2 is 2.19 bits per heavy atom. The number of aliphatic carboxylic acids is 1. The number of carbonyl (C=O) groups is 1. The molecule has 0 radical (unpaired) electrons. The maximum Gasteiger partial charge on any atom is 0.347 e. The zero-order valence-corrected chi connectivity index (χ0v) is 13.0. The van der Waals surface area contributed by atoms with E-state index >= 15 is 0 Å². The van der Waals surface area contributed by atoms with Crippen molar-refractivity contribution in [2.45, 2.75) is 39.7 Å². The molecule has 1 N–H and O–H groups in total. The van der Waals surface area contributed by atoms with Crippen LogP contribution in [0.15, 0.2) is 16.4 Å². The van der Waals surface area contributed by atoms with E-state index in [0.29, 0.717) is 29.9 Å². The highest BCUT2D eigenvalue weighted by Gasteiger charge is 2.22. The lowest BCUT2D eigenvalue weighted by Gasteiger charge is -2.17. The molecule has 2 aromatic rings. The van der Waals surface area contributed by atoms with Gasteiger partial charge in [-0.2, -0.15) is 4.98 Å². The summed E-state index contributed by atoms with van der Waals surface area (Å²) in [4.78, 5) is 31.4. The number of aryl methyl sites for hydroxylation is 2. The molecule has 0 aromatic carbocycles. The molecule has 0 aliphatic carbocycles. The Kier molecular flexibility index (Phi) is 4.52. The Bertz CT molecular complexity index is 707. The lowest BCUT2D eigenvalue weighted by Crippen LogP contribution is -2.30. The van der Waals surface area contributed by atoms with Gasteiger partial charge in [-0.15, -0.1) is 11.3 Å². The van der Waals surface area contributed by atoms with Crippen LogP contribution < -0.4 is 5.69 Å². The minimum atomic E-state index is -0.923. The summed E-state index contributed by atoms with van der Waals surface area (Å²) < 4.78 is 1.53. The molecule has 6 nitrogen and oxygen atoms in total. The third-order valence-corrected chi connectivity index (χ3v) is 4.35. The largest absolute Gasteiger partial charge is 0.481 e. The van der Waals surface area contributed by atoms with Crippen molar-refractivity contribution in [1.29, 1.82) is 0 Å². The predicted octanol–water partition coefficient (Wildman–Crippen LogP) is 1.75. The molecule has 0 aliphatic rings. The van der Waals surface area contributed by atoms with E-state index in [4.69, 9.17) is 0 Å². The van der Waals surface area contributed by atoms with Crippen molar-refractivity contribution < 1.29 is 9.90 Å². The summed E-state index contributed by atoms with van der Waals surface area (Å²) in [6, 6.07) is 0. The quantitative estimate of drug-likeness (QED) is 0.909. The fourth-order valence-electron chi connectivity index (χ4n) is 2.41. The predicted molar refractivity (Wildman–Crippen MR) is 79.8 cm³/mol. The zero-order valence-electron chi connectivity index (χ0n) is 12.2. The third-order valence-electron chi connectivity index (χ3n) is 3.51. The highest BCUT2D eigenvalue weighted by molar-refractivity contribution is 7.09. The van der Waals surface area contributed by atoms with Crippen molar-refractivity contribution in [2.75, 3.05) is 0 Å². The zero-order chi connectivity index (χ0) is 15.6. The van der Waals surface area contributed by atoms with Gasteiger partial charge in [0.1, 0.15) is 0 Å². The van der Waals surface area contributed by atoms with Crippen molar-refractivity contribution in [3.8, 4) is 0 Å². The normalized spacial score (nSPS) is 12.3. The topological polar surface area (TPSA) is 85.1 Å². The first-order valence-electron chi connectivity index (χ1n) is 6.61. The second kappa shape index (κ2) is 6.17. The van der Waals surface area contributed by atoms with Crippen LogP contribution in [0.1, 0.15) is 34.8 Å². The number of rotatable bonds is 5. The SMILES string of the molecule is Cc1nc(=O)n(CCc2nccs2)c(C)c1C(C)C(=O)O. The van der Waals surface area contributed by atoms with E-state index in [1.165, 1.54) is 15.9 Å². The van der Waals surface area contributed by atoms with Crippen molar-refractivity contribution in [1.82, 2.24) is 14.5 Å². The fraction of sp³-hybridized carbons (Fsp3) is 0.429. The average Bonchev–Trinajstić information content (AvgIpc) is 2.90. The Labute approximate surface area is 126 Å². The minimum absolute atomic E-state index is 0.345. The summed E-state index contributed by atoms with van der Waals surface area (Å²) in [6.45, 7) is 5.50. The molecule has 0 saturated heterocycles. The summed E-state index contributed by atoms with van der Waals surface area (Å²) in [6.07, 6.45) is 2.35. The van der Waals surface area contributed by atoms with Crippen molar-refractivity contribution in [3.05, 3.63) is 44.0 Å². The first-order chi connectivity index (χ1) is 9.91. The van der Waals surface area contributed by atoms with E-state index in [2.05, 4.69) is 9.97 Å². The Balaban J connectivity index is 2.39. The van der Waals surface area contributed by atoms with Gasteiger partial charge in [0.05, 0.1) is 10.9 Å². The van der Waals surface area contributed by atoms with Gasteiger partial charge >= 0.3 is 11.7 Å². The maximum atomic E-state index is 12.1. The monoisotopic (exact) mass is 307 g/mol. The molecule has 21 heavy (non-hydrogen) atoms. The first kappa shape index (κ1) is 15.4. The van der Waals surface area contributed by atoms with Crippen molar-refractivity contribution in [3.63, 3.8) is 0 Å². The molecule has 0 bridgehead atoms. The molecule has 2 heterocycles. The number of thiazole rings is 1. The number of hydrogen-bond acceptors (Lipinski definition) is 5. The third kappa shape index (κ3) is 3.18. The van der Waals surface area contributed by atoms with Crippen LogP contribution in [0.3, 0.4) is 0 Å². The molecular weight excluding hydrogens is 290 g/mol. The van der Waals surface area contributed by atoms with Crippen LogP contribution in [0.2, 0.25) is 0 Å². The number of carboxylic acid groups (broad SMARTS) is 1. The standard InChI is InChI=1S/C14H17N3O3S/c1-8(13(18)19)12-9(2)16-14(20)17(10(12)3)6-4-11-15-5-7-21-11/h5,7-8H,4,6H2,1-3H3,(H,18,19). The summed E-state index contributed by atoms with van der Waals surface area (Å²) in [5.74, 6) is -1.61. The summed E-state index contributed by atoms with van der Waals surface area (Å²) in [7, 11) is 0. The number of aromatic nitrogens is 3. The second-order valence-corrected chi connectivity index (χ2v) is 5.85. The van der Waals surface area contributed by atoms with Gasteiger partial charge in [0.25, 0.3) is 0 Å². The summed E-state index contributed by atoms with van der Waals surface area (Å²) in [5, 5.41) is 12.0. The molecule has 0 aliphatic heterocycles. The number of carboxylic acids is 1. The highest BCUT2D eigenvalue weighted by atomic mass is 32.1. The van der Waals surface area contributed by atoms with E-state index in [9.17, 15) is 14.7 Å². The van der Waals surface area contributed by atoms with E-state index in [1.807, 2.05) is 5.38 Å². The molecule has 2 aromatic heterocycles. The van der Waals surface area contributed by atoms with Crippen molar-refractivity contribution in [2.24, 2.45) is 0 Å². The van der Waals surface area contributed by atoms with Crippen LogP contribution in [0, 0.1) is 13.8 Å². The smallest absolute Gasteiger partial charge is 0.347 e. The van der Waals surface area contributed by atoms with Gasteiger partial charge in [0, 0.05) is 41.5 Å². The lowest BCUT2D eigenvalue weighted by atomic mass is 9.98. The van der Waals surface area contributed by atoms with E-state index < -0.39 is 11.9 Å². The van der Waals surface area contributed by atoms with Gasteiger partial charge in [-0.05, 0) is 20.8 Å². The lowest BCUT2D eigenvalue weighted by molar-refractivity contribution is -0.138. The average molecular weight is 307 g/mol. The van der Waals surface area contributed by atoms with Gasteiger partial charge in [-0.25, -0.2) is 9.78 Å². The van der Waals surface area contributed by atoms with E-state index in [-0.39, 0.29) is 5.69 Å². The molecule has 0 fully saturated rings. The van der Waals surface area contributed by atoms with Crippen LogP contribution >= 0.6 is 11.3 Å². The van der Waals surface area contributed by atoms with Crippen LogP contribution in [0.4, 0.5) is 0 Å². The number of hydrogen-bond donors (Lipinski definition) is 1. The van der Waals surface area contributed by atoms with Gasteiger partial charge in [0.15, 0.2) is 0 Å². The Morgan fingerprint density at radius 1 is 1.48 bits per heavy atom. The van der Waals surface area contributed by atoms with Crippen LogP contribution in [0.25, 0.3) is 0 Å². The van der Waals surface area contributed by atoms with Crippen molar-refractivity contribution >= 4 is 17.3 Å². The second-order valence-electron chi connectivity index (χ2n) is 4.87. The summed E-state index contributed by atoms with van der Waals surface area (Å²) >= 11 is 1.53. The van der Waals surface area contributed by atoms with Gasteiger partial charge < -0.3 is 5.11 Å². The Morgan fingerprint density at radius 3 is 2.76 bits per heavy atom. The summed E-state index contributed by atoms with van der Waals surface area (Å²) in [5.41, 5.74) is 1.42. The molecule has 112 valence electrons. The Hall–Kier alpha value is -2.02. The van der Waals surface area contributed by atoms with Crippen LogP contribution in [-0.4, -0.2) is 25.6 Å². The first-order valence-corrected chi connectivity index (χ1v) is 7.49. The molecule has 7 heteroatoms. The molecule has 0 saturated carbocycles. The number of nitrogens with zero attached hydrogens (tertiary/aromatic N) is 3. The molecule has 0 spiro atoms.